The summed E-state index contributed by atoms with van der Waals surface area (Å²) in [6.45, 7) is 0. The number of carboxylic acids is 1. The van der Waals surface area contributed by atoms with Gasteiger partial charge >= 0.3 is 17.7 Å². The molecule has 1 heterocycles. The van der Waals surface area contributed by atoms with Crippen LogP contribution in [0.25, 0.3) is 0 Å². The topological polar surface area (TPSA) is 83.3 Å². The Kier molecular flexibility index (Phi) is 2.46. The van der Waals surface area contributed by atoms with Gasteiger partial charge in [-0.3, -0.25) is 0 Å². The van der Waals surface area contributed by atoms with E-state index in [1.807, 2.05) is 0 Å². The maximum atomic E-state index is 12.2. The lowest BCUT2D eigenvalue weighted by Crippen LogP contribution is -2.49. The zero-order valence-corrected chi connectivity index (χ0v) is 7.13. The maximum Gasteiger partial charge on any atom is 0.435 e. The number of hydrogen-bond donors (Lipinski definition) is 2. The first kappa shape index (κ1) is 10.9. The molecule has 1 rings (SSSR count). The fourth-order valence-corrected chi connectivity index (χ4v) is 1.33. The fourth-order valence-electron chi connectivity index (χ4n) is 0.665. The molecule has 1 aromatic heterocycles. The summed E-state index contributed by atoms with van der Waals surface area (Å²) in [5.41, 5.74) is -3.08. The number of halogens is 3. The van der Waals surface area contributed by atoms with E-state index in [0.717, 1.165) is 5.51 Å². The van der Waals surface area contributed by atoms with E-state index >= 15 is 0 Å². The highest BCUT2D eigenvalue weighted by molar-refractivity contribution is 7.09. The molecule has 1 aromatic rings. The van der Waals surface area contributed by atoms with Crippen molar-refractivity contribution in [2.75, 3.05) is 0 Å². The Balaban J connectivity index is 3.27. The molecule has 1 unspecified atom stereocenters. The second-order valence-corrected chi connectivity index (χ2v) is 3.09. The Hall–Kier alpha value is -1.22. The van der Waals surface area contributed by atoms with Crippen molar-refractivity contribution in [3.63, 3.8) is 0 Å². The molecule has 0 aliphatic heterocycles. The van der Waals surface area contributed by atoms with E-state index in [1.54, 1.807) is 0 Å². The number of alkyl halides is 3. The van der Waals surface area contributed by atoms with Crippen LogP contribution in [0.5, 0.6) is 0 Å². The number of hydrogen-bond acceptors (Lipinski definition) is 5. The van der Waals surface area contributed by atoms with Crippen molar-refractivity contribution >= 4 is 17.3 Å². The fraction of sp³-hybridized carbons (Fsp3) is 0.400. The largest absolute Gasteiger partial charge is 0.479 e. The van der Waals surface area contributed by atoms with Crippen LogP contribution in [-0.4, -0.2) is 32.6 Å². The van der Waals surface area contributed by atoms with Crippen LogP contribution in [0.2, 0.25) is 0 Å². The van der Waals surface area contributed by atoms with Crippen LogP contribution in [0.1, 0.15) is 5.01 Å². The van der Waals surface area contributed by atoms with Crippen molar-refractivity contribution in [2.24, 2.45) is 0 Å². The Morgan fingerprint density at radius 3 is 2.36 bits per heavy atom. The lowest BCUT2D eigenvalue weighted by atomic mass is 10.1. The normalized spacial score (nSPS) is 16.3. The average molecular weight is 228 g/mol. The van der Waals surface area contributed by atoms with Gasteiger partial charge < -0.3 is 10.2 Å². The molecular formula is C5H3F3N2O3S. The van der Waals surface area contributed by atoms with Gasteiger partial charge in [0, 0.05) is 0 Å². The molecule has 0 amide bonds. The third kappa shape index (κ3) is 1.44. The molecule has 0 bridgehead atoms. The number of rotatable bonds is 2. The van der Waals surface area contributed by atoms with E-state index in [9.17, 15) is 18.0 Å². The van der Waals surface area contributed by atoms with Crippen molar-refractivity contribution in [2.45, 2.75) is 11.8 Å². The van der Waals surface area contributed by atoms with Crippen molar-refractivity contribution in [1.82, 2.24) is 10.2 Å². The number of aromatic nitrogens is 2. The van der Waals surface area contributed by atoms with Crippen LogP contribution in [0.3, 0.4) is 0 Å². The highest BCUT2D eigenvalue weighted by Crippen LogP contribution is 2.39. The van der Waals surface area contributed by atoms with Gasteiger partial charge in [-0.1, -0.05) is 0 Å². The quantitative estimate of drug-likeness (QED) is 0.764. The molecule has 14 heavy (non-hydrogen) atoms. The monoisotopic (exact) mass is 228 g/mol. The summed E-state index contributed by atoms with van der Waals surface area (Å²) in [5, 5.41) is 22.2. The molecule has 0 aliphatic rings. The van der Waals surface area contributed by atoms with Gasteiger partial charge in [-0.05, 0) is 0 Å². The van der Waals surface area contributed by atoms with Gasteiger partial charge in [0.05, 0.1) is 0 Å². The summed E-state index contributed by atoms with van der Waals surface area (Å²) < 4.78 is 36.7. The Labute approximate surface area is 78.8 Å². The van der Waals surface area contributed by atoms with E-state index in [4.69, 9.17) is 10.2 Å². The summed E-state index contributed by atoms with van der Waals surface area (Å²) in [6, 6.07) is 0. The molecule has 0 aliphatic carbocycles. The molecule has 5 nitrogen and oxygen atoms in total. The highest BCUT2D eigenvalue weighted by Gasteiger charge is 2.63. The summed E-state index contributed by atoms with van der Waals surface area (Å²) in [5.74, 6) is -2.43. The average Bonchev–Trinajstić information content (AvgIpc) is 2.52. The van der Waals surface area contributed by atoms with Gasteiger partial charge in [-0.25, -0.2) is 4.79 Å². The molecule has 0 spiro atoms. The van der Waals surface area contributed by atoms with Crippen LogP contribution < -0.4 is 0 Å². The van der Waals surface area contributed by atoms with Crippen molar-refractivity contribution < 1.29 is 28.2 Å². The Morgan fingerprint density at radius 2 is 2.07 bits per heavy atom. The van der Waals surface area contributed by atoms with Crippen LogP contribution in [0, 0.1) is 0 Å². The predicted molar refractivity (Wildman–Crippen MR) is 37.5 cm³/mol. The predicted octanol–water partition coefficient (Wildman–Crippen LogP) is 0.373. The molecule has 0 saturated carbocycles. The minimum atomic E-state index is -5.33. The van der Waals surface area contributed by atoms with Crippen LogP contribution in [0.15, 0.2) is 5.51 Å². The van der Waals surface area contributed by atoms with Crippen molar-refractivity contribution in [3.05, 3.63) is 10.5 Å². The first-order chi connectivity index (χ1) is 6.30. The lowest BCUT2D eigenvalue weighted by Gasteiger charge is -2.22. The molecule has 1 atom stereocenters. The van der Waals surface area contributed by atoms with Crippen LogP contribution in [0.4, 0.5) is 13.2 Å². The number of nitrogens with zero attached hydrogens (tertiary/aromatic N) is 2. The van der Waals surface area contributed by atoms with E-state index in [-0.39, 0.29) is 0 Å². The van der Waals surface area contributed by atoms with E-state index in [2.05, 4.69) is 10.2 Å². The van der Waals surface area contributed by atoms with E-state index in [1.165, 1.54) is 0 Å². The van der Waals surface area contributed by atoms with E-state index in [0.29, 0.717) is 11.3 Å². The second-order valence-electron chi connectivity index (χ2n) is 2.26. The standard InChI is InChI=1S/C5H3F3N2O3S/c6-5(7,8)4(13,3(11)12)2-10-9-1-14-2/h1,13H,(H,11,12). The van der Waals surface area contributed by atoms with Gasteiger partial charge in [0.15, 0.2) is 5.01 Å². The molecule has 0 radical (unpaired) electrons. The van der Waals surface area contributed by atoms with Crippen molar-refractivity contribution in [3.8, 4) is 0 Å². The molecule has 0 aromatic carbocycles. The number of carbonyl (C=O) groups is 1. The zero-order valence-electron chi connectivity index (χ0n) is 6.32. The maximum absolute atomic E-state index is 12.2. The summed E-state index contributed by atoms with van der Waals surface area (Å²) in [7, 11) is 0. The summed E-state index contributed by atoms with van der Waals surface area (Å²) >= 11 is 0.312. The zero-order chi connectivity index (χ0) is 11.0. The molecule has 9 heteroatoms. The molecule has 0 fully saturated rings. The van der Waals surface area contributed by atoms with Gasteiger partial charge in [-0.2, -0.15) is 13.2 Å². The summed E-state index contributed by atoms with van der Waals surface area (Å²) in [6.07, 6.45) is -5.33. The molecule has 78 valence electrons. The second kappa shape index (κ2) is 3.17. The highest BCUT2D eigenvalue weighted by atomic mass is 32.1. The van der Waals surface area contributed by atoms with Crippen molar-refractivity contribution in [1.29, 1.82) is 0 Å². The smallest absolute Gasteiger partial charge is 0.435 e. The number of carboxylic acid groups (broad SMARTS) is 1. The Morgan fingerprint density at radius 1 is 1.50 bits per heavy atom. The molecular weight excluding hydrogens is 225 g/mol. The number of aliphatic carboxylic acids is 1. The Bertz CT molecular complexity index is 338. The number of aliphatic hydroxyl groups is 1. The lowest BCUT2D eigenvalue weighted by molar-refractivity contribution is -0.265. The van der Waals surface area contributed by atoms with E-state index < -0.39 is 22.8 Å². The van der Waals surface area contributed by atoms with Gasteiger partial charge in [0.25, 0.3) is 0 Å². The van der Waals surface area contributed by atoms with Gasteiger partial charge in [0.2, 0.25) is 0 Å². The minimum Gasteiger partial charge on any atom is -0.479 e. The molecule has 2 N–H and O–H groups in total. The van der Waals surface area contributed by atoms with Gasteiger partial charge in [-0.15, -0.1) is 21.5 Å². The SMILES string of the molecule is O=C(O)C(O)(c1nncs1)C(F)(F)F. The van der Waals surface area contributed by atoms with Crippen LogP contribution >= 0.6 is 11.3 Å². The van der Waals surface area contributed by atoms with Gasteiger partial charge in [0.1, 0.15) is 5.51 Å². The van der Waals surface area contributed by atoms with Crippen LogP contribution in [-0.2, 0) is 10.4 Å². The third-order valence-electron chi connectivity index (χ3n) is 1.39. The first-order valence-electron chi connectivity index (χ1n) is 3.09. The first-order valence-corrected chi connectivity index (χ1v) is 3.97. The minimum absolute atomic E-state index is 0.312. The molecule has 0 saturated heterocycles. The summed E-state index contributed by atoms with van der Waals surface area (Å²) in [4.78, 5) is 10.3. The third-order valence-corrected chi connectivity index (χ3v) is 2.19.